The molecule has 0 unspecified atom stereocenters. The lowest BCUT2D eigenvalue weighted by Crippen LogP contribution is -2.38. The fourth-order valence-electron chi connectivity index (χ4n) is 3.94. The zero-order valence-corrected chi connectivity index (χ0v) is 17.7. The maximum atomic E-state index is 12.5. The summed E-state index contributed by atoms with van der Waals surface area (Å²) in [7, 11) is 0. The Morgan fingerprint density at radius 2 is 2.10 bits per heavy atom. The van der Waals surface area contributed by atoms with Crippen LogP contribution in [0.15, 0.2) is 35.5 Å². The highest BCUT2D eigenvalue weighted by Crippen LogP contribution is 2.48. The molecular formula is C22H28O8. The number of aliphatic hydroxyl groups is 1. The summed E-state index contributed by atoms with van der Waals surface area (Å²) in [5, 5.41) is 10.7. The van der Waals surface area contributed by atoms with E-state index in [1.54, 1.807) is 26.0 Å². The van der Waals surface area contributed by atoms with Crippen LogP contribution in [0.5, 0.6) is 0 Å². The van der Waals surface area contributed by atoms with E-state index in [0.717, 1.165) is 0 Å². The lowest BCUT2D eigenvalue weighted by atomic mass is 9.82. The molecule has 0 bridgehead atoms. The molecule has 0 aromatic carbocycles. The Kier molecular flexibility index (Phi) is 6.19. The zero-order chi connectivity index (χ0) is 22.2. The lowest BCUT2D eigenvalue weighted by molar-refractivity contribution is -0.148. The van der Waals surface area contributed by atoms with Crippen molar-refractivity contribution in [1.29, 1.82) is 0 Å². The Morgan fingerprint density at radius 3 is 2.73 bits per heavy atom. The van der Waals surface area contributed by atoms with Gasteiger partial charge < -0.3 is 24.1 Å². The fraction of sp³-hybridized carbons (Fsp3) is 0.591. The first-order valence-electron chi connectivity index (χ1n) is 9.99. The van der Waals surface area contributed by atoms with Crippen LogP contribution in [0.25, 0.3) is 0 Å². The number of epoxide rings is 1. The molecule has 2 heterocycles. The van der Waals surface area contributed by atoms with Crippen molar-refractivity contribution in [2.75, 3.05) is 6.61 Å². The number of allylic oxidation sites excluding steroid dienone is 1. The summed E-state index contributed by atoms with van der Waals surface area (Å²) in [5.41, 5.74) is 0.405. The molecule has 164 valence electrons. The summed E-state index contributed by atoms with van der Waals surface area (Å²) in [6.45, 7) is 10.2. The third-order valence-electron chi connectivity index (χ3n) is 6.00. The molecule has 8 heteroatoms. The summed E-state index contributed by atoms with van der Waals surface area (Å²) < 4.78 is 22.1. The number of ether oxygens (including phenoxy) is 4. The smallest absolute Gasteiger partial charge is 0.334 e. The Bertz CT molecular complexity index is 825. The molecule has 0 radical (unpaired) electrons. The molecule has 2 saturated heterocycles. The van der Waals surface area contributed by atoms with Gasteiger partial charge in [0.15, 0.2) is 0 Å². The molecule has 8 nitrogen and oxygen atoms in total. The molecule has 6 atom stereocenters. The molecule has 3 aliphatic rings. The monoisotopic (exact) mass is 420 g/mol. The molecule has 0 amide bonds. The van der Waals surface area contributed by atoms with Crippen LogP contribution in [0.4, 0.5) is 0 Å². The van der Waals surface area contributed by atoms with Crippen molar-refractivity contribution in [2.24, 2.45) is 5.92 Å². The first-order valence-corrected chi connectivity index (χ1v) is 9.99. The van der Waals surface area contributed by atoms with E-state index in [4.69, 9.17) is 18.9 Å². The number of hydrogen-bond donors (Lipinski definition) is 1. The molecular weight excluding hydrogens is 392 g/mol. The van der Waals surface area contributed by atoms with Crippen LogP contribution < -0.4 is 0 Å². The fourth-order valence-corrected chi connectivity index (χ4v) is 3.94. The van der Waals surface area contributed by atoms with Gasteiger partial charge in [0.2, 0.25) is 0 Å². The van der Waals surface area contributed by atoms with E-state index in [1.165, 1.54) is 6.92 Å². The van der Waals surface area contributed by atoms with Gasteiger partial charge in [-0.1, -0.05) is 12.7 Å². The average molecular weight is 420 g/mol. The van der Waals surface area contributed by atoms with Gasteiger partial charge >= 0.3 is 17.9 Å². The van der Waals surface area contributed by atoms with Crippen molar-refractivity contribution in [3.8, 4) is 0 Å². The number of fused-ring (bicyclic) bond motifs is 2. The number of hydrogen-bond acceptors (Lipinski definition) is 8. The average Bonchev–Trinajstić information content (AvgIpc) is 3.20. The Labute approximate surface area is 175 Å². The quantitative estimate of drug-likeness (QED) is 0.241. The summed E-state index contributed by atoms with van der Waals surface area (Å²) in [4.78, 5) is 36.1. The van der Waals surface area contributed by atoms with Crippen molar-refractivity contribution in [3.05, 3.63) is 35.5 Å². The number of carbonyl (C=O) groups is 3. The normalized spacial score (nSPS) is 37.8. The van der Waals surface area contributed by atoms with Gasteiger partial charge in [0.1, 0.15) is 18.8 Å². The van der Waals surface area contributed by atoms with Gasteiger partial charge in [0, 0.05) is 30.9 Å². The van der Waals surface area contributed by atoms with Crippen molar-refractivity contribution in [1.82, 2.24) is 0 Å². The van der Waals surface area contributed by atoms with Gasteiger partial charge in [-0.25, -0.2) is 9.59 Å². The molecule has 1 aliphatic carbocycles. The first-order chi connectivity index (χ1) is 14.1. The number of rotatable bonds is 4. The third kappa shape index (κ3) is 4.49. The predicted molar refractivity (Wildman–Crippen MR) is 105 cm³/mol. The molecule has 2 fully saturated rings. The molecule has 0 spiro atoms. The van der Waals surface area contributed by atoms with Gasteiger partial charge in [-0.15, -0.1) is 0 Å². The van der Waals surface area contributed by atoms with Gasteiger partial charge in [-0.3, -0.25) is 4.79 Å². The second-order valence-corrected chi connectivity index (χ2v) is 8.23. The molecule has 30 heavy (non-hydrogen) atoms. The molecule has 2 aliphatic heterocycles. The summed E-state index contributed by atoms with van der Waals surface area (Å²) >= 11 is 0. The van der Waals surface area contributed by atoms with E-state index < -0.39 is 47.7 Å². The van der Waals surface area contributed by atoms with Crippen LogP contribution >= 0.6 is 0 Å². The molecule has 0 aromatic heterocycles. The highest BCUT2D eigenvalue weighted by molar-refractivity contribution is 5.92. The van der Waals surface area contributed by atoms with E-state index in [2.05, 4.69) is 6.58 Å². The Morgan fingerprint density at radius 1 is 1.40 bits per heavy atom. The molecule has 1 N–H and O–H groups in total. The second-order valence-electron chi connectivity index (χ2n) is 8.23. The van der Waals surface area contributed by atoms with Gasteiger partial charge in [-0.2, -0.15) is 0 Å². The van der Waals surface area contributed by atoms with E-state index in [0.29, 0.717) is 17.6 Å². The summed E-state index contributed by atoms with van der Waals surface area (Å²) in [5.74, 6) is -2.23. The molecule has 3 rings (SSSR count). The van der Waals surface area contributed by atoms with Crippen LogP contribution in [-0.4, -0.2) is 59.6 Å². The van der Waals surface area contributed by atoms with Gasteiger partial charge in [0.05, 0.1) is 23.7 Å². The van der Waals surface area contributed by atoms with Crippen molar-refractivity contribution < 1.29 is 38.4 Å². The van der Waals surface area contributed by atoms with Crippen molar-refractivity contribution in [3.63, 3.8) is 0 Å². The minimum Gasteiger partial charge on any atom is -0.461 e. The van der Waals surface area contributed by atoms with Crippen molar-refractivity contribution >= 4 is 17.9 Å². The van der Waals surface area contributed by atoms with E-state index in [9.17, 15) is 19.5 Å². The number of esters is 3. The molecule has 0 saturated carbocycles. The van der Waals surface area contributed by atoms with Crippen LogP contribution in [-0.2, 0) is 33.3 Å². The van der Waals surface area contributed by atoms with Crippen LogP contribution in [0.2, 0.25) is 0 Å². The van der Waals surface area contributed by atoms with E-state index in [-0.39, 0.29) is 24.7 Å². The second kappa shape index (κ2) is 8.35. The van der Waals surface area contributed by atoms with Crippen molar-refractivity contribution in [2.45, 2.75) is 70.6 Å². The zero-order valence-electron chi connectivity index (χ0n) is 17.7. The predicted octanol–water partition coefficient (Wildman–Crippen LogP) is 1.76. The number of aliphatic hydroxyl groups excluding tert-OH is 1. The maximum Gasteiger partial charge on any atom is 0.334 e. The first kappa shape index (κ1) is 22.2. The maximum absolute atomic E-state index is 12.5. The molecule has 0 aromatic rings. The van der Waals surface area contributed by atoms with Gasteiger partial charge in [0.25, 0.3) is 0 Å². The largest absolute Gasteiger partial charge is 0.461 e. The topological polar surface area (TPSA) is 112 Å². The van der Waals surface area contributed by atoms with Crippen LogP contribution in [0.3, 0.4) is 0 Å². The van der Waals surface area contributed by atoms with Crippen LogP contribution in [0, 0.1) is 5.92 Å². The van der Waals surface area contributed by atoms with E-state index >= 15 is 0 Å². The summed E-state index contributed by atoms with van der Waals surface area (Å²) in [6.07, 6.45) is 1.11. The summed E-state index contributed by atoms with van der Waals surface area (Å²) in [6, 6.07) is 0. The van der Waals surface area contributed by atoms with Crippen LogP contribution in [0.1, 0.15) is 40.5 Å². The SMILES string of the molecule is C=C1C(=O)O[C@H]2/C=C(\COC(C)=O)[C@@H](O)C[C@H]3O[C@]3(C)C[C@@H](OC(=O)/C(C)=C/C)[C@@H]12. The highest BCUT2D eigenvalue weighted by atomic mass is 16.6. The third-order valence-corrected chi connectivity index (χ3v) is 6.00. The van der Waals surface area contributed by atoms with E-state index in [1.807, 2.05) is 6.92 Å². The van der Waals surface area contributed by atoms with Gasteiger partial charge in [-0.05, 0) is 32.4 Å². The highest BCUT2D eigenvalue weighted by Gasteiger charge is 2.57. The minimum absolute atomic E-state index is 0.144. The Balaban J connectivity index is 1.99. The lowest BCUT2D eigenvalue weighted by Gasteiger charge is -2.29. The Hall–Kier alpha value is -2.45. The minimum atomic E-state index is -0.936. The number of carbonyl (C=O) groups excluding carboxylic acids is 3. The standard InChI is InChI=1S/C22H28O8/c1-6-11(2)20(25)29-17-9-22(5)18(30-22)8-15(24)14(10-27-13(4)23)7-16-19(17)12(3)21(26)28-16/h6-7,15-19,24H,3,8-10H2,1-2,4-5H3/b11-6+,14-7+/t15-,16-,17+,18+,19-,22+/m0/s1.